The zero-order valence-electron chi connectivity index (χ0n) is 10.7. The van der Waals surface area contributed by atoms with E-state index in [0.29, 0.717) is 10.4 Å². The fourth-order valence-electron chi connectivity index (χ4n) is 1.98. The summed E-state index contributed by atoms with van der Waals surface area (Å²) < 4.78 is 24.9. The van der Waals surface area contributed by atoms with Crippen molar-refractivity contribution in [2.45, 2.75) is 10.8 Å². The first-order chi connectivity index (χ1) is 9.53. The lowest BCUT2D eigenvalue weighted by Crippen LogP contribution is -2.16. The Morgan fingerprint density at radius 1 is 1.05 bits per heavy atom. The van der Waals surface area contributed by atoms with Gasteiger partial charge in [0.2, 0.25) is 0 Å². The van der Waals surface area contributed by atoms with Gasteiger partial charge >= 0.3 is 0 Å². The van der Waals surface area contributed by atoms with Gasteiger partial charge in [-0.15, -0.1) is 0 Å². The topological polar surface area (TPSA) is 34.1 Å². The van der Waals surface area contributed by atoms with Gasteiger partial charge in [-0.2, -0.15) is 0 Å². The van der Waals surface area contributed by atoms with Crippen molar-refractivity contribution >= 4 is 37.4 Å². The van der Waals surface area contributed by atoms with Crippen molar-refractivity contribution < 1.29 is 8.42 Å². The largest absolute Gasteiger partial charge is 0.224 e. The predicted molar refractivity (Wildman–Crippen MR) is 86.5 cm³/mol. The highest BCUT2D eigenvalue weighted by Gasteiger charge is 2.22. The Balaban J connectivity index is 2.27. The molecule has 0 saturated carbocycles. The fourth-order valence-corrected chi connectivity index (χ4v) is 4.76. The van der Waals surface area contributed by atoms with Crippen LogP contribution in [0.1, 0.15) is 11.5 Å². The normalized spacial score (nSPS) is 13.1. The summed E-state index contributed by atoms with van der Waals surface area (Å²) in [6.07, 6.45) is 0. The molecule has 0 aliphatic carbocycles. The van der Waals surface area contributed by atoms with Gasteiger partial charge in [0, 0.05) is 16.3 Å². The maximum atomic E-state index is 12.4. The molecule has 2 rings (SSSR count). The molecule has 0 spiro atoms. The fraction of sp³-hybridized carbons (Fsp3) is 0.200. The number of hydrogen-bond donors (Lipinski definition) is 0. The van der Waals surface area contributed by atoms with E-state index in [1.54, 1.807) is 18.2 Å². The summed E-state index contributed by atoms with van der Waals surface area (Å²) in [7, 11) is -3.36. The van der Waals surface area contributed by atoms with Gasteiger partial charge in [0.05, 0.1) is 10.6 Å². The summed E-state index contributed by atoms with van der Waals surface area (Å²) in [5.41, 5.74) is 1.01. The lowest BCUT2D eigenvalue weighted by molar-refractivity contribution is 0.591. The van der Waals surface area contributed by atoms with E-state index in [1.807, 2.05) is 30.3 Å². The predicted octanol–water partition coefficient (Wildman–Crippen LogP) is 4.29. The second-order valence-electron chi connectivity index (χ2n) is 4.50. The lowest BCUT2D eigenvalue weighted by atomic mass is 10.0. The molecule has 0 amide bonds. The summed E-state index contributed by atoms with van der Waals surface area (Å²) in [6.45, 7) is 0. The number of hydrogen-bond acceptors (Lipinski definition) is 2. The van der Waals surface area contributed by atoms with Crippen LogP contribution in [0, 0.1) is 0 Å². The molecule has 0 radical (unpaired) electrons. The number of alkyl halides is 1. The highest BCUT2D eigenvalue weighted by Crippen LogP contribution is 2.25. The monoisotopic (exact) mass is 372 g/mol. The molecule has 20 heavy (non-hydrogen) atoms. The number of rotatable bonds is 5. The Bertz CT molecular complexity index is 671. The second kappa shape index (κ2) is 6.74. The van der Waals surface area contributed by atoms with Gasteiger partial charge in [-0.05, 0) is 23.8 Å². The van der Waals surface area contributed by atoms with Gasteiger partial charge in [-0.3, -0.25) is 0 Å². The summed E-state index contributed by atoms with van der Waals surface area (Å²) in [4.78, 5) is 0.270. The van der Waals surface area contributed by atoms with E-state index < -0.39 is 9.84 Å². The lowest BCUT2D eigenvalue weighted by Gasteiger charge is -2.15. The third-order valence-corrected chi connectivity index (χ3v) is 5.86. The van der Waals surface area contributed by atoms with Crippen molar-refractivity contribution in [3.05, 3.63) is 65.2 Å². The average molecular weight is 374 g/mol. The standard InChI is InChI=1S/C15H14BrClO2S/c16-10-13(12-5-2-1-3-6-12)11-20(18,19)15-8-4-7-14(17)9-15/h1-9,13H,10-11H2. The van der Waals surface area contributed by atoms with Crippen LogP contribution in [0.4, 0.5) is 0 Å². The molecule has 0 bridgehead atoms. The van der Waals surface area contributed by atoms with E-state index in [2.05, 4.69) is 15.9 Å². The Labute approximate surface area is 132 Å². The first kappa shape index (κ1) is 15.5. The third kappa shape index (κ3) is 3.84. The van der Waals surface area contributed by atoms with Crippen LogP contribution in [0.25, 0.3) is 0 Å². The van der Waals surface area contributed by atoms with Crippen molar-refractivity contribution in [1.82, 2.24) is 0 Å². The number of halogens is 2. The maximum Gasteiger partial charge on any atom is 0.179 e. The molecule has 2 nitrogen and oxygen atoms in total. The van der Waals surface area contributed by atoms with E-state index in [0.717, 1.165) is 5.56 Å². The van der Waals surface area contributed by atoms with Crippen molar-refractivity contribution in [2.75, 3.05) is 11.1 Å². The van der Waals surface area contributed by atoms with Gasteiger partial charge in [-0.25, -0.2) is 8.42 Å². The molecular weight excluding hydrogens is 360 g/mol. The molecule has 2 aromatic rings. The molecule has 1 unspecified atom stereocenters. The quantitative estimate of drug-likeness (QED) is 0.733. The summed E-state index contributed by atoms with van der Waals surface area (Å²) >= 11 is 9.27. The molecule has 0 saturated heterocycles. The van der Waals surface area contributed by atoms with E-state index in [1.165, 1.54) is 6.07 Å². The third-order valence-electron chi connectivity index (χ3n) is 3.03. The zero-order valence-corrected chi connectivity index (χ0v) is 13.8. The van der Waals surface area contributed by atoms with Crippen LogP contribution in [-0.2, 0) is 9.84 Å². The SMILES string of the molecule is O=S(=O)(CC(CBr)c1ccccc1)c1cccc(Cl)c1. The Morgan fingerprint density at radius 2 is 1.75 bits per heavy atom. The van der Waals surface area contributed by atoms with Crippen LogP contribution >= 0.6 is 27.5 Å². The highest BCUT2D eigenvalue weighted by molar-refractivity contribution is 9.09. The van der Waals surface area contributed by atoms with Gasteiger partial charge in [0.15, 0.2) is 9.84 Å². The highest BCUT2D eigenvalue weighted by atomic mass is 79.9. The summed E-state index contributed by atoms with van der Waals surface area (Å²) in [6, 6.07) is 16.0. The summed E-state index contributed by atoms with van der Waals surface area (Å²) in [5.74, 6) is -0.0250. The molecule has 0 N–H and O–H groups in total. The Hall–Kier alpha value is -0.840. The van der Waals surface area contributed by atoms with Crippen LogP contribution in [0.15, 0.2) is 59.5 Å². The molecule has 0 heterocycles. The first-order valence-electron chi connectivity index (χ1n) is 6.12. The Kier molecular flexibility index (Phi) is 5.24. The number of sulfone groups is 1. The molecule has 0 fully saturated rings. The van der Waals surface area contributed by atoms with Gasteiger partial charge in [0.1, 0.15) is 0 Å². The van der Waals surface area contributed by atoms with Crippen molar-refractivity contribution in [1.29, 1.82) is 0 Å². The van der Waals surface area contributed by atoms with Crippen LogP contribution in [0.2, 0.25) is 5.02 Å². The minimum Gasteiger partial charge on any atom is -0.224 e. The average Bonchev–Trinajstić information content (AvgIpc) is 2.46. The molecule has 2 aromatic carbocycles. The van der Waals surface area contributed by atoms with Gasteiger partial charge in [0.25, 0.3) is 0 Å². The molecule has 5 heteroatoms. The second-order valence-corrected chi connectivity index (χ2v) is 7.62. The minimum atomic E-state index is -3.36. The first-order valence-corrected chi connectivity index (χ1v) is 9.27. The molecule has 0 aromatic heterocycles. The molecular formula is C15H14BrClO2S. The van der Waals surface area contributed by atoms with Gasteiger partial charge in [-0.1, -0.05) is 63.9 Å². The maximum absolute atomic E-state index is 12.4. The number of benzene rings is 2. The van der Waals surface area contributed by atoms with E-state index in [9.17, 15) is 8.42 Å². The van der Waals surface area contributed by atoms with Crippen LogP contribution in [0.5, 0.6) is 0 Å². The minimum absolute atomic E-state index is 0.0581. The van der Waals surface area contributed by atoms with E-state index in [4.69, 9.17) is 11.6 Å². The molecule has 0 aliphatic heterocycles. The molecule has 0 aliphatic rings. The molecule has 106 valence electrons. The smallest absolute Gasteiger partial charge is 0.179 e. The van der Waals surface area contributed by atoms with E-state index >= 15 is 0 Å². The van der Waals surface area contributed by atoms with Crippen LogP contribution < -0.4 is 0 Å². The van der Waals surface area contributed by atoms with Gasteiger partial charge < -0.3 is 0 Å². The van der Waals surface area contributed by atoms with Crippen LogP contribution in [0.3, 0.4) is 0 Å². The van der Waals surface area contributed by atoms with E-state index in [-0.39, 0.29) is 16.6 Å². The van der Waals surface area contributed by atoms with Crippen molar-refractivity contribution in [2.24, 2.45) is 0 Å². The van der Waals surface area contributed by atoms with Crippen LogP contribution in [-0.4, -0.2) is 19.5 Å². The van der Waals surface area contributed by atoms with Crippen molar-refractivity contribution in [3.63, 3.8) is 0 Å². The Morgan fingerprint density at radius 3 is 2.35 bits per heavy atom. The van der Waals surface area contributed by atoms with Crippen molar-refractivity contribution in [3.8, 4) is 0 Å². The summed E-state index contributed by atoms with van der Waals surface area (Å²) in [5, 5.41) is 1.03. The zero-order chi connectivity index (χ0) is 14.6. The molecule has 1 atom stereocenters.